The molecule has 4 heterocycles. The lowest BCUT2D eigenvalue weighted by Gasteiger charge is -2.37. The highest BCUT2D eigenvalue weighted by Crippen LogP contribution is 2.28. The molecule has 0 radical (unpaired) electrons. The molecule has 284 valence electrons. The van der Waals surface area contributed by atoms with Crippen LogP contribution in [0.25, 0.3) is 21.5 Å². The van der Waals surface area contributed by atoms with Gasteiger partial charge >= 0.3 is 0 Å². The fourth-order valence-electron chi connectivity index (χ4n) is 6.37. The van der Waals surface area contributed by atoms with Crippen LogP contribution in [0.1, 0.15) is 24.0 Å². The van der Waals surface area contributed by atoms with Crippen molar-refractivity contribution in [3.05, 3.63) is 150 Å². The van der Waals surface area contributed by atoms with Gasteiger partial charge in [0, 0.05) is 54.9 Å². The number of nitrogens with two attached hydrogens (primary N) is 2. The van der Waals surface area contributed by atoms with E-state index >= 15 is 0 Å². The smallest absolute Gasteiger partial charge is 0.136 e. The predicted molar refractivity (Wildman–Crippen MR) is 216 cm³/mol. The number of fused-ring (bicyclic) bond motifs is 2. The molecule has 0 amide bonds. The maximum atomic E-state index is 13.7. The van der Waals surface area contributed by atoms with Crippen LogP contribution < -0.4 is 21.7 Å². The lowest BCUT2D eigenvalue weighted by Crippen LogP contribution is -2.52. The molecule has 0 saturated carbocycles. The molecule has 12 heteroatoms. The Bertz CT molecular complexity index is 2050. The molecule has 2 aliphatic rings. The summed E-state index contributed by atoms with van der Waals surface area (Å²) in [4.78, 5) is 10.5. The summed E-state index contributed by atoms with van der Waals surface area (Å²) < 4.78 is 38.4. The van der Waals surface area contributed by atoms with E-state index in [4.69, 9.17) is 32.5 Å². The molecule has 2 aliphatic heterocycles. The number of halogens is 4. The molecule has 2 aromatic heterocycles. The number of anilines is 1. The number of hydrogen-bond donors (Lipinski definition) is 3. The number of ether oxygens (including phenoxy) is 2. The molecule has 4 unspecified atom stereocenters. The average Bonchev–Trinajstić information content (AvgIpc) is 3.19. The monoisotopic (exact) mass is 774 g/mol. The summed E-state index contributed by atoms with van der Waals surface area (Å²) in [6.07, 6.45) is 5.24. The third-order valence-electron chi connectivity index (χ3n) is 9.39. The van der Waals surface area contributed by atoms with Crippen LogP contribution in [-0.4, -0.2) is 60.4 Å². The van der Waals surface area contributed by atoms with Gasteiger partial charge in [-0.2, -0.15) is 0 Å². The van der Waals surface area contributed by atoms with E-state index < -0.39 is 0 Å². The second-order valence-electron chi connectivity index (χ2n) is 13.2. The van der Waals surface area contributed by atoms with Crippen LogP contribution in [0.3, 0.4) is 0 Å². The van der Waals surface area contributed by atoms with E-state index in [9.17, 15) is 8.78 Å². The number of benzene rings is 4. The van der Waals surface area contributed by atoms with Crippen LogP contribution in [0, 0.1) is 11.6 Å². The molecule has 2 fully saturated rings. The molecule has 2 saturated heterocycles. The van der Waals surface area contributed by atoms with Crippen molar-refractivity contribution in [1.82, 2.24) is 15.3 Å². The van der Waals surface area contributed by atoms with E-state index in [-0.39, 0.29) is 48.3 Å². The van der Waals surface area contributed by atoms with E-state index in [0.717, 1.165) is 60.0 Å². The van der Waals surface area contributed by atoms with Gasteiger partial charge in [-0.25, -0.2) is 18.7 Å². The Labute approximate surface area is 326 Å². The fraction of sp³-hybridized carbons (Fsp3) is 0.286. The van der Waals surface area contributed by atoms with Crippen molar-refractivity contribution in [1.29, 1.82) is 0 Å². The van der Waals surface area contributed by atoms with Crippen molar-refractivity contribution in [3.8, 4) is 0 Å². The molecule has 0 aliphatic carbocycles. The van der Waals surface area contributed by atoms with Crippen molar-refractivity contribution in [2.45, 2.75) is 50.3 Å². The normalized spacial score (nSPS) is 19.5. The second-order valence-corrected chi connectivity index (χ2v) is 13.6. The summed E-state index contributed by atoms with van der Waals surface area (Å²) in [6, 6.07) is 33.4. The first-order chi connectivity index (χ1) is 25.8. The van der Waals surface area contributed by atoms with Gasteiger partial charge in [-0.05, 0) is 77.7 Å². The molecular formula is C42H46Cl2F2N6O2. The molecule has 0 bridgehead atoms. The zero-order chi connectivity index (χ0) is 37.0. The van der Waals surface area contributed by atoms with Crippen LogP contribution in [0.15, 0.2) is 122 Å². The third kappa shape index (κ3) is 11.4. The summed E-state index contributed by atoms with van der Waals surface area (Å²) in [5.74, 6) is 0.247. The second kappa shape index (κ2) is 20.4. The maximum Gasteiger partial charge on any atom is 0.136 e. The first-order valence-corrected chi connectivity index (χ1v) is 18.2. The number of nitrogens with zero attached hydrogens (tertiary/aromatic N) is 3. The Morgan fingerprint density at radius 3 is 1.89 bits per heavy atom. The molecule has 8 rings (SSSR count). The largest absolute Gasteiger partial charge is 0.371 e. The number of piperidine rings is 2. The van der Waals surface area contributed by atoms with Crippen LogP contribution in [0.5, 0.6) is 0 Å². The Balaban J connectivity index is 0.000000170. The Morgan fingerprint density at radius 2 is 1.26 bits per heavy atom. The molecule has 8 nitrogen and oxygen atoms in total. The minimum atomic E-state index is -0.294. The van der Waals surface area contributed by atoms with Crippen molar-refractivity contribution in [3.63, 3.8) is 0 Å². The Hall–Kier alpha value is -4.26. The van der Waals surface area contributed by atoms with Gasteiger partial charge in [0.2, 0.25) is 0 Å². The van der Waals surface area contributed by atoms with Crippen LogP contribution in [-0.2, 0) is 22.7 Å². The summed E-state index contributed by atoms with van der Waals surface area (Å²) in [5.41, 5.74) is 14.6. The molecule has 4 aromatic carbocycles. The molecule has 4 atom stereocenters. The topological polar surface area (TPSA) is 112 Å². The van der Waals surface area contributed by atoms with Crippen molar-refractivity contribution < 1.29 is 18.3 Å². The van der Waals surface area contributed by atoms with Gasteiger partial charge in [-0.15, -0.1) is 12.4 Å². The van der Waals surface area contributed by atoms with Gasteiger partial charge in [0.1, 0.15) is 22.6 Å². The Kier molecular flexibility index (Phi) is 15.5. The number of aromatic nitrogens is 2. The summed E-state index contributed by atoms with van der Waals surface area (Å²) in [7, 11) is 0. The minimum Gasteiger partial charge on any atom is -0.371 e. The lowest BCUT2D eigenvalue weighted by atomic mass is 10.0. The zero-order valence-corrected chi connectivity index (χ0v) is 31.4. The average molecular weight is 776 g/mol. The summed E-state index contributed by atoms with van der Waals surface area (Å²) in [5, 5.41) is 6.99. The summed E-state index contributed by atoms with van der Waals surface area (Å²) in [6.45, 7) is 4.50. The van der Waals surface area contributed by atoms with Crippen molar-refractivity contribution in [2.24, 2.45) is 11.5 Å². The standard InChI is InChI=1S/C21H22FN3O.C12H18N2O.C9H5ClFN.ClH/c22-17-7-6-16-8-10-24-21(18(16)12-17)25-11-9-19(23)20(13-25)26-14-15-4-2-1-3-5-15;13-11-6-7-14-8-12(11)15-9-10-4-2-1-3-5-10;10-9-8-5-7(11)2-1-6(8)3-4-12-9;/h1-8,10,12,19-20H,9,11,13-14,23H2;1-5,11-12,14H,6-9,13H2;1-5H;1H. The van der Waals surface area contributed by atoms with E-state index in [1.807, 2.05) is 54.6 Å². The zero-order valence-electron chi connectivity index (χ0n) is 29.9. The third-order valence-corrected chi connectivity index (χ3v) is 9.69. The van der Waals surface area contributed by atoms with Crippen molar-refractivity contribution in [2.75, 3.05) is 31.1 Å². The van der Waals surface area contributed by atoms with E-state index in [0.29, 0.717) is 30.3 Å². The van der Waals surface area contributed by atoms with Gasteiger partial charge in [0.15, 0.2) is 0 Å². The van der Waals surface area contributed by atoms with Gasteiger partial charge in [-0.3, -0.25) is 0 Å². The van der Waals surface area contributed by atoms with Gasteiger partial charge in [-0.1, -0.05) is 84.4 Å². The van der Waals surface area contributed by atoms with Crippen LogP contribution in [0.2, 0.25) is 5.15 Å². The van der Waals surface area contributed by atoms with Gasteiger partial charge in [0.05, 0.1) is 25.4 Å². The minimum absolute atomic E-state index is 0. The fourth-order valence-corrected chi connectivity index (χ4v) is 6.59. The van der Waals surface area contributed by atoms with Crippen LogP contribution >= 0.6 is 24.0 Å². The number of nitrogens with one attached hydrogen (secondary N) is 1. The van der Waals surface area contributed by atoms with Crippen molar-refractivity contribution >= 4 is 51.4 Å². The Morgan fingerprint density at radius 1 is 0.704 bits per heavy atom. The maximum absolute atomic E-state index is 13.7. The summed E-state index contributed by atoms with van der Waals surface area (Å²) >= 11 is 5.75. The molecule has 5 N–H and O–H groups in total. The molecule has 54 heavy (non-hydrogen) atoms. The first kappa shape index (κ1) is 40.9. The first-order valence-electron chi connectivity index (χ1n) is 17.9. The van der Waals surface area contributed by atoms with Gasteiger partial charge < -0.3 is 31.2 Å². The molecular weight excluding hydrogens is 729 g/mol. The molecule has 0 spiro atoms. The highest BCUT2D eigenvalue weighted by atomic mass is 35.5. The lowest BCUT2D eigenvalue weighted by molar-refractivity contribution is 0.0126. The SMILES string of the molecule is Cl.Fc1ccc2ccnc(Cl)c2c1.NC1CCN(c2nccc3ccc(F)cc23)CC1OCc1ccccc1.NC1CCNCC1OCc1ccccc1. The van der Waals surface area contributed by atoms with E-state index in [2.05, 4.69) is 32.3 Å². The highest BCUT2D eigenvalue weighted by molar-refractivity contribution is 6.34. The predicted octanol–water partition coefficient (Wildman–Crippen LogP) is 7.84. The number of rotatable bonds is 7. The van der Waals surface area contributed by atoms with E-state index in [1.54, 1.807) is 36.7 Å². The van der Waals surface area contributed by atoms with Gasteiger partial charge in [0.25, 0.3) is 0 Å². The molecule has 6 aromatic rings. The highest BCUT2D eigenvalue weighted by Gasteiger charge is 2.29. The number of hydrogen-bond acceptors (Lipinski definition) is 8. The van der Waals surface area contributed by atoms with E-state index in [1.165, 1.54) is 23.8 Å². The number of pyridine rings is 2. The van der Waals surface area contributed by atoms with Crippen LogP contribution in [0.4, 0.5) is 14.6 Å². The quantitative estimate of drug-likeness (QED) is 0.141.